The molecule has 0 aromatic heterocycles. The first-order valence-electron chi connectivity index (χ1n) is 6.04. The molecule has 0 fully saturated rings. The first-order chi connectivity index (χ1) is 8.35. The molecule has 0 aliphatic rings. The van der Waals surface area contributed by atoms with Crippen molar-refractivity contribution in [2.75, 3.05) is 24.2 Å². The van der Waals surface area contributed by atoms with Gasteiger partial charge in [-0.25, -0.2) is 0 Å². The van der Waals surface area contributed by atoms with E-state index in [2.05, 4.69) is 31.4 Å². The molecule has 0 amide bonds. The van der Waals surface area contributed by atoms with Gasteiger partial charge in [0.15, 0.2) is 0 Å². The van der Waals surface area contributed by atoms with Crippen LogP contribution in [0, 0.1) is 15.5 Å². The highest BCUT2D eigenvalue weighted by Crippen LogP contribution is 2.32. The second-order valence-electron chi connectivity index (χ2n) is 5.45. The molecular formula is C13H21N3O2. The number of hydrogen-bond donors (Lipinski definition) is 2. The van der Waals surface area contributed by atoms with Crippen LogP contribution in [-0.4, -0.2) is 18.5 Å². The van der Waals surface area contributed by atoms with Gasteiger partial charge in [-0.2, -0.15) is 0 Å². The van der Waals surface area contributed by atoms with Gasteiger partial charge in [-0.15, -0.1) is 0 Å². The molecule has 100 valence electrons. The van der Waals surface area contributed by atoms with Gasteiger partial charge in [-0.05, 0) is 24.0 Å². The van der Waals surface area contributed by atoms with Crippen LogP contribution >= 0.6 is 0 Å². The summed E-state index contributed by atoms with van der Waals surface area (Å²) in [7, 11) is 1.68. The molecule has 0 unspecified atom stereocenters. The lowest BCUT2D eigenvalue weighted by Gasteiger charge is -2.18. The summed E-state index contributed by atoms with van der Waals surface area (Å²) in [4.78, 5) is 10.7. The van der Waals surface area contributed by atoms with Crippen molar-refractivity contribution in [2.45, 2.75) is 27.2 Å². The molecule has 0 saturated carbocycles. The van der Waals surface area contributed by atoms with Crippen LogP contribution in [0.3, 0.4) is 0 Å². The lowest BCUT2D eigenvalue weighted by molar-refractivity contribution is -0.383. The Labute approximate surface area is 108 Å². The number of benzene rings is 1. The molecule has 0 atom stereocenters. The fraction of sp³-hybridized carbons (Fsp3) is 0.538. The van der Waals surface area contributed by atoms with Crippen LogP contribution in [0.1, 0.15) is 27.2 Å². The molecule has 0 spiro atoms. The second-order valence-corrected chi connectivity index (χ2v) is 5.45. The minimum absolute atomic E-state index is 0.105. The minimum atomic E-state index is -0.356. The molecule has 0 bridgehead atoms. The number of anilines is 2. The van der Waals surface area contributed by atoms with E-state index in [0.717, 1.165) is 13.0 Å². The average molecular weight is 251 g/mol. The zero-order chi connectivity index (χ0) is 13.8. The van der Waals surface area contributed by atoms with Crippen molar-refractivity contribution in [1.82, 2.24) is 0 Å². The molecule has 0 saturated heterocycles. The third-order valence-electron chi connectivity index (χ3n) is 2.68. The minimum Gasteiger partial charge on any atom is -0.382 e. The third kappa shape index (κ3) is 3.91. The summed E-state index contributed by atoms with van der Waals surface area (Å²) in [5, 5.41) is 17.1. The highest BCUT2D eigenvalue weighted by Gasteiger charge is 2.19. The van der Waals surface area contributed by atoms with Gasteiger partial charge in [0.2, 0.25) is 0 Å². The number of rotatable bonds is 5. The number of nitro groups is 1. The number of nitro benzene ring substituents is 1. The van der Waals surface area contributed by atoms with Gasteiger partial charge in [0.1, 0.15) is 11.4 Å². The molecule has 0 heterocycles. The summed E-state index contributed by atoms with van der Waals surface area (Å²) >= 11 is 0. The van der Waals surface area contributed by atoms with Crippen molar-refractivity contribution in [3.05, 3.63) is 28.3 Å². The van der Waals surface area contributed by atoms with E-state index in [1.165, 1.54) is 0 Å². The quantitative estimate of drug-likeness (QED) is 0.621. The zero-order valence-corrected chi connectivity index (χ0v) is 11.4. The van der Waals surface area contributed by atoms with Crippen LogP contribution in [0.15, 0.2) is 18.2 Å². The van der Waals surface area contributed by atoms with Crippen molar-refractivity contribution in [3.63, 3.8) is 0 Å². The Morgan fingerprint density at radius 1 is 1.28 bits per heavy atom. The smallest absolute Gasteiger partial charge is 0.315 e. The normalized spacial score (nSPS) is 11.1. The van der Waals surface area contributed by atoms with E-state index in [1.807, 2.05) is 0 Å². The molecule has 1 rings (SSSR count). The zero-order valence-electron chi connectivity index (χ0n) is 11.4. The van der Waals surface area contributed by atoms with Crippen LogP contribution in [0.2, 0.25) is 0 Å². The van der Waals surface area contributed by atoms with E-state index in [0.29, 0.717) is 11.4 Å². The Hall–Kier alpha value is -1.78. The van der Waals surface area contributed by atoms with Gasteiger partial charge in [0.25, 0.3) is 0 Å². The largest absolute Gasteiger partial charge is 0.382 e. The molecule has 0 aliphatic carbocycles. The molecule has 0 aliphatic heterocycles. The van der Waals surface area contributed by atoms with Crippen LogP contribution in [-0.2, 0) is 0 Å². The predicted molar refractivity (Wildman–Crippen MR) is 75.2 cm³/mol. The van der Waals surface area contributed by atoms with Crippen molar-refractivity contribution in [3.8, 4) is 0 Å². The summed E-state index contributed by atoms with van der Waals surface area (Å²) in [6.45, 7) is 7.16. The maximum absolute atomic E-state index is 11.1. The topological polar surface area (TPSA) is 67.2 Å². The Bertz CT molecular complexity index is 425. The van der Waals surface area contributed by atoms with Gasteiger partial charge in [0, 0.05) is 13.6 Å². The van der Waals surface area contributed by atoms with E-state index < -0.39 is 0 Å². The van der Waals surface area contributed by atoms with Gasteiger partial charge in [0.05, 0.1) is 4.92 Å². The van der Waals surface area contributed by atoms with Gasteiger partial charge in [-0.3, -0.25) is 10.1 Å². The van der Waals surface area contributed by atoms with Gasteiger partial charge in [-0.1, -0.05) is 26.8 Å². The Balaban J connectivity index is 2.85. The molecule has 1 aromatic carbocycles. The van der Waals surface area contributed by atoms with E-state index in [-0.39, 0.29) is 16.0 Å². The highest BCUT2D eigenvalue weighted by atomic mass is 16.6. The number of nitrogens with zero attached hydrogens (tertiary/aromatic N) is 1. The third-order valence-corrected chi connectivity index (χ3v) is 2.68. The molecule has 2 N–H and O–H groups in total. The summed E-state index contributed by atoms with van der Waals surface area (Å²) < 4.78 is 0. The highest BCUT2D eigenvalue weighted by molar-refractivity contribution is 5.75. The average Bonchev–Trinajstić information content (AvgIpc) is 2.26. The SMILES string of the molecule is CNc1cccc(NCCC(C)(C)C)c1[N+](=O)[O-]. The van der Waals surface area contributed by atoms with Crippen LogP contribution in [0.5, 0.6) is 0 Å². The van der Waals surface area contributed by atoms with Crippen LogP contribution in [0.25, 0.3) is 0 Å². The monoisotopic (exact) mass is 251 g/mol. The van der Waals surface area contributed by atoms with E-state index in [4.69, 9.17) is 0 Å². The Morgan fingerprint density at radius 2 is 1.89 bits per heavy atom. The molecule has 5 nitrogen and oxygen atoms in total. The summed E-state index contributed by atoms with van der Waals surface area (Å²) in [6, 6.07) is 5.24. The van der Waals surface area contributed by atoms with E-state index >= 15 is 0 Å². The molecule has 5 heteroatoms. The van der Waals surface area contributed by atoms with Gasteiger partial charge >= 0.3 is 5.69 Å². The predicted octanol–water partition coefficient (Wildman–Crippen LogP) is 3.48. The van der Waals surface area contributed by atoms with Crippen molar-refractivity contribution < 1.29 is 4.92 Å². The van der Waals surface area contributed by atoms with Crippen molar-refractivity contribution in [1.29, 1.82) is 0 Å². The standard InChI is InChI=1S/C13H21N3O2/c1-13(2,3)8-9-15-11-7-5-6-10(14-4)12(11)16(17)18/h5-7,14-15H,8-9H2,1-4H3. The van der Waals surface area contributed by atoms with E-state index in [1.54, 1.807) is 25.2 Å². The fourth-order valence-electron chi connectivity index (χ4n) is 1.66. The Morgan fingerprint density at radius 3 is 2.39 bits per heavy atom. The number of para-hydroxylation sites is 1. The first kappa shape index (κ1) is 14.3. The number of hydrogen-bond acceptors (Lipinski definition) is 4. The van der Waals surface area contributed by atoms with Crippen molar-refractivity contribution in [2.24, 2.45) is 5.41 Å². The maximum Gasteiger partial charge on any atom is 0.315 e. The van der Waals surface area contributed by atoms with Gasteiger partial charge < -0.3 is 10.6 Å². The molecule has 1 aromatic rings. The van der Waals surface area contributed by atoms with Crippen molar-refractivity contribution >= 4 is 17.1 Å². The fourth-order valence-corrected chi connectivity index (χ4v) is 1.66. The lowest BCUT2D eigenvalue weighted by atomic mass is 9.92. The molecule has 18 heavy (non-hydrogen) atoms. The van der Waals surface area contributed by atoms with Crippen LogP contribution in [0.4, 0.5) is 17.1 Å². The summed E-state index contributed by atoms with van der Waals surface area (Å²) in [6.07, 6.45) is 0.952. The maximum atomic E-state index is 11.1. The molecular weight excluding hydrogens is 230 g/mol. The number of nitrogens with one attached hydrogen (secondary N) is 2. The molecule has 0 radical (unpaired) electrons. The Kier molecular flexibility index (Phi) is 4.53. The summed E-state index contributed by atoms with van der Waals surface area (Å²) in [5.41, 5.74) is 1.41. The van der Waals surface area contributed by atoms with Crippen LogP contribution < -0.4 is 10.6 Å². The van der Waals surface area contributed by atoms with E-state index in [9.17, 15) is 10.1 Å². The first-order valence-corrected chi connectivity index (χ1v) is 6.04. The lowest BCUT2D eigenvalue weighted by Crippen LogP contribution is -2.13. The summed E-state index contributed by atoms with van der Waals surface area (Å²) in [5.74, 6) is 0. The second kappa shape index (κ2) is 5.71.